The molecule has 1 aromatic heterocycles. The first kappa shape index (κ1) is 21.8. The van der Waals surface area contributed by atoms with E-state index in [2.05, 4.69) is 10.3 Å². The third-order valence-electron chi connectivity index (χ3n) is 4.94. The highest BCUT2D eigenvalue weighted by molar-refractivity contribution is 7.99. The zero-order valence-corrected chi connectivity index (χ0v) is 16.7. The lowest BCUT2D eigenvalue weighted by atomic mass is 9.97. The molecule has 5 atom stereocenters. The van der Waals surface area contributed by atoms with Crippen LogP contribution < -0.4 is 0 Å². The summed E-state index contributed by atoms with van der Waals surface area (Å²) in [4.78, 5) is 0.801. The predicted octanol–water partition coefficient (Wildman–Crippen LogP) is 2.13. The van der Waals surface area contributed by atoms with Gasteiger partial charge in [0.2, 0.25) is 0 Å². The molecule has 4 rings (SSSR count). The van der Waals surface area contributed by atoms with Gasteiger partial charge in [0.1, 0.15) is 35.5 Å². The molecular weight excluding hydrogens is 435 g/mol. The van der Waals surface area contributed by atoms with Gasteiger partial charge in [0, 0.05) is 10.5 Å². The van der Waals surface area contributed by atoms with Crippen molar-refractivity contribution in [3.05, 3.63) is 66.1 Å². The highest BCUT2D eigenvalue weighted by Crippen LogP contribution is 2.38. The largest absolute Gasteiger partial charge is 0.394 e. The molecule has 164 valence electrons. The summed E-state index contributed by atoms with van der Waals surface area (Å²) in [6.45, 7) is -0.508. The van der Waals surface area contributed by atoms with Crippen molar-refractivity contribution in [2.75, 3.05) is 6.61 Å². The van der Waals surface area contributed by atoms with E-state index in [0.29, 0.717) is 0 Å². The molecular formula is C20H18F3N3O4S. The Bertz CT molecular complexity index is 1030. The van der Waals surface area contributed by atoms with Crippen LogP contribution in [0.15, 0.2) is 53.6 Å². The molecule has 11 heteroatoms. The summed E-state index contributed by atoms with van der Waals surface area (Å²) in [7, 11) is 0. The Balaban J connectivity index is 1.64. The van der Waals surface area contributed by atoms with Crippen LogP contribution in [0.2, 0.25) is 0 Å². The molecule has 31 heavy (non-hydrogen) atoms. The van der Waals surface area contributed by atoms with E-state index in [1.54, 1.807) is 0 Å². The van der Waals surface area contributed by atoms with E-state index >= 15 is 0 Å². The van der Waals surface area contributed by atoms with Crippen LogP contribution in [0.4, 0.5) is 13.2 Å². The van der Waals surface area contributed by atoms with Gasteiger partial charge in [0.05, 0.1) is 12.8 Å². The lowest BCUT2D eigenvalue weighted by Gasteiger charge is -2.41. The molecule has 0 amide bonds. The Morgan fingerprint density at radius 2 is 1.71 bits per heavy atom. The van der Waals surface area contributed by atoms with Crippen molar-refractivity contribution in [2.24, 2.45) is 0 Å². The second-order valence-corrected chi connectivity index (χ2v) is 8.14. The van der Waals surface area contributed by atoms with E-state index in [1.807, 2.05) is 30.3 Å². The first-order valence-corrected chi connectivity index (χ1v) is 10.2. The van der Waals surface area contributed by atoms with Gasteiger partial charge in [-0.15, -0.1) is 5.10 Å². The third-order valence-corrected chi connectivity index (χ3v) is 6.11. The van der Waals surface area contributed by atoms with Crippen LogP contribution in [0.25, 0.3) is 11.3 Å². The van der Waals surface area contributed by atoms with Gasteiger partial charge in [-0.25, -0.2) is 17.9 Å². The molecule has 1 fully saturated rings. The number of halogens is 3. The number of aromatic nitrogens is 3. The molecule has 2 heterocycles. The van der Waals surface area contributed by atoms with Gasteiger partial charge in [-0.2, -0.15) is 0 Å². The summed E-state index contributed by atoms with van der Waals surface area (Å²) in [6, 6.07) is 9.59. The number of hydrogen-bond donors (Lipinski definition) is 3. The number of aliphatic hydroxyl groups excluding tert-OH is 3. The van der Waals surface area contributed by atoms with Crippen LogP contribution in [0.5, 0.6) is 0 Å². The first-order valence-electron chi connectivity index (χ1n) is 9.30. The molecule has 0 spiro atoms. The zero-order valence-electron chi connectivity index (χ0n) is 15.8. The second-order valence-electron chi connectivity index (χ2n) is 6.97. The monoisotopic (exact) mass is 453 g/mol. The van der Waals surface area contributed by atoms with E-state index in [0.717, 1.165) is 21.7 Å². The van der Waals surface area contributed by atoms with Gasteiger partial charge in [-0.3, -0.25) is 0 Å². The zero-order chi connectivity index (χ0) is 22.1. The summed E-state index contributed by atoms with van der Waals surface area (Å²) in [5.41, 5.74) is -0.898. The molecule has 1 aliphatic rings. The van der Waals surface area contributed by atoms with Crippen molar-refractivity contribution in [1.82, 2.24) is 15.0 Å². The fraction of sp³-hybridized carbons (Fsp3) is 0.300. The summed E-state index contributed by atoms with van der Waals surface area (Å²) >= 11 is 1.20. The lowest BCUT2D eigenvalue weighted by molar-refractivity contribution is -0.178. The number of thioether (sulfide) groups is 1. The van der Waals surface area contributed by atoms with Crippen molar-refractivity contribution in [2.45, 2.75) is 34.7 Å². The average molecular weight is 453 g/mol. The summed E-state index contributed by atoms with van der Waals surface area (Å²) in [6.07, 6.45) is -2.35. The quantitative estimate of drug-likeness (QED) is 0.509. The third kappa shape index (κ3) is 4.32. The molecule has 2 aromatic carbocycles. The maximum Gasteiger partial charge on any atom is 0.194 e. The maximum absolute atomic E-state index is 13.6. The van der Waals surface area contributed by atoms with E-state index in [1.165, 1.54) is 18.0 Å². The smallest absolute Gasteiger partial charge is 0.194 e. The van der Waals surface area contributed by atoms with Gasteiger partial charge >= 0.3 is 0 Å². The summed E-state index contributed by atoms with van der Waals surface area (Å²) in [5.74, 6) is -4.36. The number of ether oxygens (including phenoxy) is 1. The molecule has 0 aliphatic carbocycles. The number of rotatable bonds is 5. The van der Waals surface area contributed by atoms with E-state index in [4.69, 9.17) is 4.74 Å². The molecule has 0 bridgehead atoms. The van der Waals surface area contributed by atoms with Gasteiger partial charge < -0.3 is 20.1 Å². The molecule has 7 nitrogen and oxygen atoms in total. The van der Waals surface area contributed by atoms with Crippen molar-refractivity contribution >= 4 is 11.8 Å². The van der Waals surface area contributed by atoms with E-state index in [9.17, 15) is 28.5 Å². The van der Waals surface area contributed by atoms with Crippen LogP contribution in [-0.4, -0.2) is 60.7 Å². The topological polar surface area (TPSA) is 101 Å². The Morgan fingerprint density at radius 3 is 2.35 bits per heavy atom. The van der Waals surface area contributed by atoms with Crippen molar-refractivity contribution in [3.63, 3.8) is 0 Å². The number of aliphatic hydroxyl groups is 3. The fourth-order valence-electron chi connectivity index (χ4n) is 3.37. The Hall–Kier alpha value is -2.44. The fourth-order valence-corrected chi connectivity index (χ4v) is 4.45. The van der Waals surface area contributed by atoms with Crippen molar-refractivity contribution in [1.29, 1.82) is 0 Å². The Labute approximate surface area is 179 Å². The van der Waals surface area contributed by atoms with Crippen molar-refractivity contribution in [3.8, 4) is 11.3 Å². The van der Waals surface area contributed by atoms with Crippen LogP contribution >= 0.6 is 11.8 Å². The molecule has 2 unspecified atom stereocenters. The highest BCUT2D eigenvalue weighted by Gasteiger charge is 2.46. The predicted molar refractivity (Wildman–Crippen MR) is 104 cm³/mol. The minimum atomic E-state index is -1.60. The number of nitrogens with zero attached hydrogens (tertiary/aromatic N) is 3. The lowest BCUT2D eigenvalue weighted by Crippen LogP contribution is -2.55. The maximum atomic E-state index is 13.6. The standard InChI is InChI=1S/C20H18F3N3O4S/c21-12-6-10(7-13(22)16(12)23)14-8-26(25-24-14)17-18(28)15(9-27)30-20(19(17)29)31-11-4-2-1-3-5-11/h1-8,15,17-20,27-29H,9H2/t15?,17?,18-,19-,20+/m0/s1. The van der Waals surface area contributed by atoms with Gasteiger partial charge in [0.25, 0.3) is 0 Å². The van der Waals surface area contributed by atoms with Gasteiger partial charge in [0.15, 0.2) is 17.5 Å². The highest BCUT2D eigenvalue weighted by atomic mass is 32.2. The molecule has 3 N–H and O–H groups in total. The summed E-state index contributed by atoms with van der Waals surface area (Å²) in [5, 5.41) is 38.8. The van der Waals surface area contributed by atoms with Crippen LogP contribution in [0.3, 0.4) is 0 Å². The molecule has 0 saturated carbocycles. The SMILES string of the molecule is OCC1O[C@H](Sc2ccccc2)[C@@H](O)C(n2cc(-c3cc(F)c(F)c(F)c3)nn2)[C@H]1O. The number of hydrogen-bond acceptors (Lipinski definition) is 7. The Morgan fingerprint density at radius 1 is 1.03 bits per heavy atom. The molecule has 1 aliphatic heterocycles. The van der Waals surface area contributed by atoms with Crippen LogP contribution in [0, 0.1) is 17.5 Å². The molecule has 3 aromatic rings. The summed E-state index contributed by atoms with van der Waals surface area (Å²) < 4.78 is 47.2. The minimum Gasteiger partial charge on any atom is -0.394 e. The minimum absolute atomic E-state index is 0.0107. The Kier molecular flexibility index (Phi) is 6.30. The van der Waals surface area contributed by atoms with Gasteiger partial charge in [-0.05, 0) is 24.3 Å². The average Bonchev–Trinajstić information content (AvgIpc) is 3.24. The second kappa shape index (κ2) is 8.97. The molecule has 1 saturated heterocycles. The van der Waals surface area contributed by atoms with Crippen LogP contribution in [-0.2, 0) is 4.74 Å². The molecule has 0 radical (unpaired) electrons. The number of benzene rings is 2. The van der Waals surface area contributed by atoms with Crippen LogP contribution in [0.1, 0.15) is 6.04 Å². The van der Waals surface area contributed by atoms with E-state index < -0.39 is 53.8 Å². The normalized spacial score (nSPS) is 26.2. The first-order chi connectivity index (χ1) is 14.9. The van der Waals surface area contributed by atoms with Crippen molar-refractivity contribution < 1.29 is 33.2 Å². The van der Waals surface area contributed by atoms with Gasteiger partial charge in [-0.1, -0.05) is 35.2 Å². The van der Waals surface area contributed by atoms with E-state index in [-0.39, 0.29) is 11.3 Å².